The third-order valence-electron chi connectivity index (χ3n) is 3.62. The molecule has 3 rings (SSSR count). The topological polar surface area (TPSA) is 46.9 Å². The van der Waals surface area contributed by atoms with Crippen LogP contribution in [0.4, 0.5) is 5.69 Å². The third kappa shape index (κ3) is 2.85. The first-order valence-electron chi connectivity index (χ1n) is 6.79. The van der Waals surface area contributed by atoms with Gasteiger partial charge >= 0.3 is 0 Å². The summed E-state index contributed by atoms with van der Waals surface area (Å²) in [7, 11) is 0. The first-order chi connectivity index (χ1) is 9.72. The number of nitrogens with zero attached hydrogens (tertiary/aromatic N) is 2. The molecule has 4 nitrogen and oxygen atoms in total. The second-order valence-corrected chi connectivity index (χ2v) is 5.51. The summed E-state index contributed by atoms with van der Waals surface area (Å²) >= 11 is 6.10. The van der Waals surface area contributed by atoms with E-state index in [0.29, 0.717) is 17.6 Å². The molecule has 1 aromatic carbocycles. The Bertz CT molecular complexity index is 664. The molecular formula is C15H16ClN3O. The van der Waals surface area contributed by atoms with E-state index in [1.54, 1.807) is 12.3 Å². The van der Waals surface area contributed by atoms with Crippen molar-refractivity contribution in [2.75, 3.05) is 5.32 Å². The summed E-state index contributed by atoms with van der Waals surface area (Å²) in [4.78, 5) is 12.1. The summed E-state index contributed by atoms with van der Waals surface area (Å²) in [6.45, 7) is 0.391. The number of anilines is 1. The second kappa shape index (κ2) is 5.67. The van der Waals surface area contributed by atoms with E-state index in [2.05, 4.69) is 10.4 Å². The molecule has 2 aromatic rings. The van der Waals surface area contributed by atoms with E-state index in [9.17, 15) is 4.79 Å². The molecule has 1 aromatic heterocycles. The van der Waals surface area contributed by atoms with E-state index in [0.717, 1.165) is 11.3 Å². The minimum Gasteiger partial charge on any atom is -0.381 e. The first kappa shape index (κ1) is 13.2. The Morgan fingerprint density at radius 1 is 1.35 bits per heavy atom. The fraction of sp³-hybridized carbons (Fsp3) is 0.333. The Morgan fingerprint density at radius 3 is 2.80 bits per heavy atom. The van der Waals surface area contributed by atoms with Crippen molar-refractivity contribution in [3.63, 3.8) is 0 Å². The zero-order valence-corrected chi connectivity index (χ0v) is 11.8. The summed E-state index contributed by atoms with van der Waals surface area (Å²) < 4.78 is 1.42. The Hall–Kier alpha value is -1.81. The van der Waals surface area contributed by atoms with Gasteiger partial charge in [-0.05, 0) is 30.9 Å². The van der Waals surface area contributed by atoms with Gasteiger partial charge in [-0.15, -0.1) is 0 Å². The van der Waals surface area contributed by atoms with Gasteiger partial charge in [-0.3, -0.25) is 4.79 Å². The largest absolute Gasteiger partial charge is 0.381 e. The SMILES string of the molecule is O=c1cc(NC2CCC2)cnn1Cc1ccccc1Cl. The number of hydrogen-bond acceptors (Lipinski definition) is 3. The second-order valence-electron chi connectivity index (χ2n) is 5.10. The predicted molar refractivity (Wildman–Crippen MR) is 80.3 cm³/mol. The minimum atomic E-state index is -0.116. The molecule has 1 heterocycles. The van der Waals surface area contributed by atoms with E-state index in [1.165, 1.54) is 23.9 Å². The predicted octanol–water partition coefficient (Wildman–Crippen LogP) is 2.91. The van der Waals surface area contributed by atoms with E-state index < -0.39 is 0 Å². The van der Waals surface area contributed by atoms with Crippen LogP contribution in [0, 0.1) is 0 Å². The van der Waals surface area contributed by atoms with Gasteiger partial charge in [0.1, 0.15) is 0 Å². The van der Waals surface area contributed by atoms with E-state index in [-0.39, 0.29) is 5.56 Å². The Morgan fingerprint density at radius 2 is 2.15 bits per heavy atom. The van der Waals surface area contributed by atoms with Crippen molar-refractivity contribution in [2.24, 2.45) is 0 Å². The molecule has 1 N–H and O–H groups in total. The van der Waals surface area contributed by atoms with Crippen LogP contribution in [-0.4, -0.2) is 15.8 Å². The van der Waals surface area contributed by atoms with Gasteiger partial charge in [-0.1, -0.05) is 29.8 Å². The average Bonchev–Trinajstić information content (AvgIpc) is 2.39. The van der Waals surface area contributed by atoms with Crippen molar-refractivity contribution in [3.05, 3.63) is 57.5 Å². The van der Waals surface area contributed by atoms with Crippen LogP contribution in [0.5, 0.6) is 0 Å². The van der Waals surface area contributed by atoms with Crippen LogP contribution in [0.2, 0.25) is 5.02 Å². The Balaban J connectivity index is 1.77. The van der Waals surface area contributed by atoms with Gasteiger partial charge in [0, 0.05) is 17.1 Å². The number of nitrogens with one attached hydrogen (secondary N) is 1. The lowest BCUT2D eigenvalue weighted by Crippen LogP contribution is -2.29. The molecule has 1 saturated carbocycles. The standard InChI is InChI=1S/C15H16ClN3O/c16-14-7-2-1-4-11(14)10-19-15(20)8-13(9-17-19)18-12-5-3-6-12/h1-2,4,7-9,12,18H,3,5-6,10H2. The summed E-state index contributed by atoms with van der Waals surface area (Å²) in [5, 5.41) is 8.18. The number of benzene rings is 1. The summed E-state index contributed by atoms with van der Waals surface area (Å²) in [6.07, 6.45) is 5.30. The van der Waals surface area contributed by atoms with Crippen LogP contribution in [-0.2, 0) is 6.54 Å². The van der Waals surface area contributed by atoms with E-state index in [4.69, 9.17) is 11.6 Å². The molecule has 1 fully saturated rings. The molecule has 0 atom stereocenters. The van der Waals surface area contributed by atoms with E-state index in [1.807, 2.05) is 24.3 Å². The highest BCUT2D eigenvalue weighted by atomic mass is 35.5. The zero-order chi connectivity index (χ0) is 13.9. The van der Waals surface area contributed by atoms with Crippen molar-refractivity contribution in [1.29, 1.82) is 0 Å². The highest BCUT2D eigenvalue weighted by Gasteiger charge is 2.17. The lowest BCUT2D eigenvalue weighted by Gasteiger charge is -2.27. The monoisotopic (exact) mass is 289 g/mol. The van der Waals surface area contributed by atoms with Crippen molar-refractivity contribution >= 4 is 17.3 Å². The Kier molecular flexibility index (Phi) is 3.74. The molecule has 0 radical (unpaired) electrons. The lowest BCUT2D eigenvalue weighted by molar-refractivity contribution is 0.445. The molecule has 0 bridgehead atoms. The van der Waals surface area contributed by atoms with Crippen LogP contribution in [0.3, 0.4) is 0 Å². The number of hydrogen-bond donors (Lipinski definition) is 1. The first-order valence-corrected chi connectivity index (χ1v) is 7.17. The molecule has 0 saturated heterocycles. The molecule has 104 valence electrons. The minimum absolute atomic E-state index is 0.116. The van der Waals surface area contributed by atoms with Gasteiger partial charge in [0.2, 0.25) is 0 Å². The van der Waals surface area contributed by atoms with Gasteiger partial charge < -0.3 is 5.32 Å². The fourth-order valence-corrected chi connectivity index (χ4v) is 2.40. The maximum atomic E-state index is 12.1. The molecule has 5 heteroatoms. The van der Waals surface area contributed by atoms with Crippen LogP contribution in [0.1, 0.15) is 24.8 Å². The van der Waals surface area contributed by atoms with E-state index >= 15 is 0 Å². The molecule has 0 unspecified atom stereocenters. The summed E-state index contributed by atoms with van der Waals surface area (Å²) in [6, 6.07) is 9.58. The number of halogens is 1. The Labute approximate surface area is 122 Å². The van der Waals surface area contributed by atoms with Gasteiger partial charge in [0.15, 0.2) is 0 Å². The molecule has 20 heavy (non-hydrogen) atoms. The van der Waals surface area contributed by atoms with Crippen LogP contribution >= 0.6 is 11.6 Å². The fourth-order valence-electron chi connectivity index (χ4n) is 2.21. The van der Waals surface area contributed by atoms with Crippen LogP contribution in [0.25, 0.3) is 0 Å². The number of aromatic nitrogens is 2. The van der Waals surface area contributed by atoms with Gasteiger partial charge in [-0.2, -0.15) is 5.10 Å². The summed E-state index contributed by atoms with van der Waals surface area (Å²) in [5.74, 6) is 0. The highest BCUT2D eigenvalue weighted by Crippen LogP contribution is 2.22. The number of rotatable bonds is 4. The van der Waals surface area contributed by atoms with Crippen molar-refractivity contribution in [3.8, 4) is 0 Å². The molecule has 0 aliphatic heterocycles. The lowest BCUT2D eigenvalue weighted by atomic mass is 9.93. The smallest absolute Gasteiger partial charge is 0.269 e. The van der Waals surface area contributed by atoms with Crippen LogP contribution < -0.4 is 10.9 Å². The zero-order valence-electron chi connectivity index (χ0n) is 11.1. The van der Waals surface area contributed by atoms with Crippen molar-refractivity contribution in [2.45, 2.75) is 31.8 Å². The van der Waals surface area contributed by atoms with Gasteiger partial charge in [0.25, 0.3) is 5.56 Å². The van der Waals surface area contributed by atoms with Gasteiger partial charge in [0.05, 0.1) is 18.4 Å². The highest BCUT2D eigenvalue weighted by molar-refractivity contribution is 6.31. The van der Waals surface area contributed by atoms with Gasteiger partial charge in [-0.25, -0.2) is 4.68 Å². The molecular weight excluding hydrogens is 274 g/mol. The molecule has 1 aliphatic carbocycles. The molecule has 0 amide bonds. The normalized spacial score (nSPS) is 14.8. The average molecular weight is 290 g/mol. The third-order valence-corrected chi connectivity index (χ3v) is 3.99. The maximum Gasteiger partial charge on any atom is 0.269 e. The molecule has 0 spiro atoms. The van der Waals surface area contributed by atoms with Crippen LogP contribution in [0.15, 0.2) is 41.3 Å². The quantitative estimate of drug-likeness (QED) is 0.941. The molecule has 1 aliphatic rings. The van der Waals surface area contributed by atoms with Crippen molar-refractivity contribution < 1.29 is 0 Å². The maximum absolute atomic E-state index is 12.1. The summed E-state index contributed by atoms with van der Waals surface area (Å²) in [5.41, 5.74) is 1.58. The van der Waals surface area contributed by atoms with Crippen molar-refractivity contribution in [1.82, 2.24) is 9.78 Å².